The van der Waals surface area contributed by atoms with Crippen molar-refractivity contribution >= 4 is 12.1 Å². The largest absolute Gasteiger partial charge is 0.469 e. The van der Waals surface area contributed by atoms with E-state index in [4.69, 9.17) is 9.47 Å². The number of aryl methyl sites for hydroxylation is 1. The molecule has 1 saturated heterocycles. The number of carbonyl (C=O) groups is 2. The smallest absolute Gasteiger partial charge is 0.411 e. The molecule has 140 valence electrons. The Balaban J connectivity index is 1.92. The zero-order chi connectivity index (χ0) is 19.1. The Morgan fingerprint density at radius 2 is 1.77 bits per heavy atom. The van der Waals surface area contributed by atoms with Gasteiger partial charge in [0.15, 0.2) is 0 Å². The molecule has 1 fully saturated rings. The summed E-state index contributed by atoms with van der Waals surface area (Å²) < 4.78 is 10.7. The molecule has 0 aliphatic carbocycles. The fourth-order valence-electron chi connectivity index (χ4n) is 3.95. The van der Waals surface area contributed by atoms with Gasteiger partial charge in [0, 0.05) is 5.92 Å². The Kier molecular flexibility index (Phi) is 4.82. The predicted molar refractivity (Wildman–Crippen MR) is 98.8 cm³/mol. The zero-order valence-electron chi connectivity index (χ0n) is 16.1. The summed E-state index contributed by atoms with van der Waals surface area (Å²) in [6.45, 7) is 7.57. The number of nitrogens with zero attached hydrogens (tertiary/aromatic N) is 1. The number of esters is 1. The Morgan fingerprint density at radius 1 is 1.12 bits per heavy atom. The first-order chi connectivity index (χ1) is 12.2. The summed E-state index contributed by atoms with van der Waals surface area (Å²) in [7, 11) is 1.40. The van der Waals surface area contributed by atoms with Crippen molar-refractivity contribution in [3.8, 4) is 0 Å². The Bertz CT molecular complexity index is 717. The third-order valence-corrected chi connectivity index (χ3v) is 5.09. The highest BCUT2D eigenvalue weighted by atomic mass is 16.6. The van der Waals surface area contributed by atoms with Crippen LogP contribution in [0.3, 0.4) is 0 Å². The predicted octanol–water partition coefficient (Wildman–Crippen LogP) is 3.82. The molecule has 5 heteroatoms. The van der Waals surface area contributed by atoms with E-state index in [0.29, 0.717) is 6.42 Å². The Hall–Kier alpha value is -2.30. The number of rotatable bonds is 2. The van der Waals surface area contributed by atoms with Gasteiger partial charge in [-0.15, -0.1) is 0 Å². The Labute approximate surface area is 155 Å². The molecule has 26 heavy (non-hydrogen) atoms. The molecule has 0 N–H and O–H groups in total. The van der Waals surface area contributed by atoms with Crippen LogP contribution in [-0.4, -0.2) is 41.8 Å². The van der Waals surface area contributed by atoms with Gasteiger partial charge in [-0.25, -0.2) is 4.79 Å². The van der Waals surface area contributed by atoms with Crippen molar-refractivity contribution in [1.29, 1.82) is 0 Å². The highest BCUT2D eigenvalue weighted by Gasteiger charge is 2.51. The summed E-state index contributed by atoms with van der Waals surface area (Å²) in [5, 5.41) is 0. The van der Waals surface area contributed by atoms with Crippen LogP contribution in [0.25, 0.3) is 0 Å². The lowest BCUT2D eigenvalue weighted by atomic mass is 9.75. The highest BCUT2D eigenvalue weighted by Crippen LogP contribution is 2.45. The van der Waals surface area contributed by atoms with E-state index >= 15 is 0 Å². The van der Waals surface area contributed by atoms with Gasteiger partial charge in [-0.2, -0.15) is 0 Å². The minimum absolute atomic E-state index is 0.00624. The van der Waals surface area contributed by atoms with Crippen molar-refractivity contribution in [2.45, 2.75) is 57.7 Å². The maximum Gasteiger partial charge on any atom is 0.411 e. The lowest BCUT2D eigenvalue weighted by Gasteiger charge is -2.43. The normalized spacial score (nSPS) is 27.3. The van der Waals surface area contributed by atoms with Crippen LogP contribution in [0.2, 0.25) is 0 Å². The molecule has 4 atom stereocenters. The summed E-state index contributed by atoms with van der Waals surface area (Å²) in [6.07, 6.45) is 4.26. The Morgan fingerprint density at radius 3 is 2.35 bits per heavy atom. The second-order valence-corrected chi connectivity index (χ2v) is 8.13. The van der Waals surface area contributed by atoms with Crippen LogP contribution in [0, 0.1) is 12.8 Å². The number of methoxy groups -OCH3 is 1. The maximum atomic E-state index is 12.7. The first kappa shape index (κ1) is 18.5. The van der Waals surface area contributed by atoms with Crippen LogP contribution in [0.15, 0.2) is 36.4 Å². The molecular weight excluding hydrogens is 330 g/mol. The molecule has 1 aromatic rings. The molecule has 5 nitrogen and oxygen atoms in total. The van der Waals surface area contributed by atoms with Gasteiger partial charge in [-0.05, 0) is 39.7 Å². The van der Waals surface area contributed by atoms with Gasteiger partial charge in [0.05, 0.1) is 25.1 Å². The summed E-state index contributed by atoms with van der Waals surface area (Å²) in [5.41, 5.74) is 1.70. The quantitative estimate of drug-likeness (QED) is 0.596. The van der Waals surface area contributed by atoms with Gasteiger partial charge in [-0.3, -0.25) is 9.69 Å². The maximum absolute atomic E-state index is 12.7. The van der Waals surface area contributed by atoms with Gasteiger partial charge >= 0.3 is 12.1 Å². The monoisotopic (exact) mass is 357 g/mol. The minimum Gasteiger partial charge on any atom is -0.469 e. The number of carbonyl (C=O) groups excluding carboxylic acids is 2. The van der Waals surface area contributed by atoms with E-state index in [1.807, 2.05) is 39.8 Å². The number of ether oxygens (including phenoxy) is 2. The molecule has 2 aliphatic heterocycles. The fraction of sp³-hybridized carbons (Fsp3) is 0.524. The molecule has 2 bridgehead atoms. The molecular formula is C21H27NO4. The van der Waals surface area contributed by atoms with E-state index in [1.165, 1.54) is 12.7 Å². The van der Waals surface area contributed by atoms with Gasteiger partial charge in [-0.1, -0.05) is 42.0 Å². The average molecular weight is 357 g/mol. The topological polar surface area (TPSA) is 55.8 Å². The summed E-state index contributed by atoms with van der Waals surface area (Å²) >= 11 is 0. The molecule has 1 aromatic carbocycles. The van der Waals surface area contributed by atoms with E-state index in [1.54, 1.807) is 4.90 Å². The van der Waals surface area contributed by atoms with Gasteiger partial charge in [0.1, 0.15) is 5.60 Å². The van der Waals surface area contributed by atoms with Crippen LogP contribution < -0.4 is 0 Å². The SMILES string of the molecule is COC(=O)[C@H]1[C@H]2C=C[C@@H](C[C@H]1c1ccc(C)cc1)N2C(=O)OC(C)(C)C. The van der Waals surface area contributed by atoms with Crippen molar-refractivity contribution in [2.24, 2.45) is 5.92 Å². The second-order valence-electron chi connectivity index (χ2n) is 8.13. The second kappa shape index (κ2) is 6.78. The van der Waals surface area contributed by atoms with E-state index in [2.05, 4.69) is 24.3 Å². The molecule has 1 amide bonds. The number of hydrogen-bond donors (Lipinski definition) is 0. The third kappa shape index (κ3) is 3.48. The molecule has 0 radical (unpaired) electrons. The summed E-state index contributed by atoms with van der Waals surface area (Å²) in [5.74, 6) is -0.726. The van der Waals surface area contributed by atoms with Crippen LogP contribution in [-0.2, 0) is 14.3 Å². The van der Waals surface area contributed by atoms with Crippen molar-refractivity contribution in [1.82, 2.24) is 4.90 Å². The van der Waals surface area contributed by atoms with Crippen LogP contribution in [0.4, 0.5) is 4.79 Å². The van der Waals surface area contributed by atoms with Crippen molar-refractivity contribution in [3.63, 3.8) is 0 Å². The van der Waals surface area contributed by atoms with E-state index in [-0.39, 0.29) is 30.1 Å². The first-order valence-electron chi connectivity index (χ1n) is 9.05. The van der Waals surface area contributed by atoms with Crippen molar-refractivity contribution in [2.75, 3.05) is 7.11 Å². The van der Waals surface area contributed by atoms with E-state index < -0.39 is 11.5 Å². The molecule has 0 saturated carbocycles. The van der Waals surface area contributed by atoms with Gasteiger partial charge in [0.25, 0.3) is 0 Å². The van der Waals surface area contributed by atoms with E-state index in [0.717, 1.165) is 5.56 Å². The van der Waals surface area contributed by atoms with Crippen molar-refractivity contribution in [3.05, 3.63) is 47.5 Å². The summed E-state index contributed by atoms with van der Waals surface area (Å²) in [6, 6.07) is 7.83. The molecule has 0 aromatic heterocycles. The lowest BCUT2D eigenvalue weighted by molar-refractivity contribution is -0.149. The third-order valence-electron chi connectivity index (χ3n) is 5.09. The zero-order valence-corrected chi connectivity index (χ0v) is 16.1. The number of fused-ring (bicyclic) bond motifs is 2. The number of piperidine rings is 1. The molecule has 0 spiro atoms. The number of benzene rings is 1. The first-order valence-corrected chi connectivity index (χ1v) is 9.05. The fourth-order valence-corrected chi connectivity index (χ4v) is 3.95. The molecule has 2 heterocycles. The highest BCUT2D eigenvalue weighted by molar-refractivity contribution is 5.79. The molecule has 0 unspecified atom stereocenters. The van der Waals surface area contributed by atoms with Crippen LogP contribution >= 0.6 is 0 Å². The lowest BCUT2D eigenvalue weighted by Crippen LogP contribution is -2.55. The molecule has 2 aliphatic rings. The molecule has 3 rings (SSSR count). The van der Waals surface area contributed by atoms with Gasteiger partial charge < -0.3 is 9.47 Å². The van der Waals surface area contributed by atoms with Crippen molar-refractivity contribution < 1.29 is 19.1 Å². The number of hydrogen-bond acceptors (Lipinski definition) is 4. The van der Waals surface area contributed by atoms with Gasteiger partial charge in [0.2, 0.25) is 0 Å². The van der Waals surface area contributed by atoms with E-state index in [9.17, 15) is 9.59 Å². The standard InChI is InChI=1S/C21H27NO4/c1-13-6-8-14(9-7-13)16-12-15-10-11-17(18(16)19(23)25-5)22(15)20(24)26-21(2,3)4/h6-11,15-18H,12H2,1-5H3/t15-,16-,17+,18+/m0/s1. The number of amides is 1. The van der Waals surface area contributed by atoms with Crippen LogP contribution in [0.5, 0.6) is 0 Å². The minimum atomic E-state index is -0.578. The average Bonchev–Trinajstić information content (AvgIpc) is 2.87. The van der Waals surface area contributed by atoms with Crippen LogP contribution in [0.1, 0.15) is 44.2 Å². The summed E-state index contributed by atoms with van der Waals surface area (Å²) in [4.78, 5) is 27.0.